The van der Waals surface area contributed by atoms with Crippen molar-refractivity contribution in [1.29, 1.82) is 0 Å². The van der Waals surface area contributed by atoms with E-state index >= 15 is 0 Å². The van der Waals surface area contributed by atoms with Crippen molar-refractivity contribution in [2.24, 2.45) is 0 Å². The summed E-state index contributed by atoms with van der Waals surface area (Å²) in [5.41, 5.74) is 0.725. The zero-order valence-corrected chi connectivity index (χ0v) is 14.0. The Labute approximate surface area is 144 Å². The van der Waals surface area contributed by atoms with E-state index in [2.05, 4.69) is 10.1 Å². The maximum atomic E-state index is 12.1. The Bertz CT molecular complexity index is 520. The van der Waals surface area contributed by atoms with Crippen molar-refractivity contribution >= 4 is 18.3 Å². The van der Waals surface area contributed by atoms with Crippen LogP contribution in [0.4, 0.5) is 13.2 Å². The number of carbonyl (C=O) groups is 1. The molecule has 24 heavy (non-hydrogen) atoms. The molecule has 1 unspecified atom stereocenters. The molecule has 1 heterocycles. The fourth-order valence-electron chi connectivity index (χ4n) is 2.28. The standard InChI is InChI=1S/C15H19F3N2O3.ClH/c1-20(14(21)8-12-10-22-7-6-19-12)9-11-2-4-13(5-3-11)23-15(16,17)18;/h2-5,12,19H,6-10H2,1H3;1H. The predicted molar refractivity (Wildman–Crippen MR) is 84.1 cm³/mol. The van der Waals surface area contributed by atoms with Gasteiger partial charge in [0, 0.05) is 32.6 Å². The van der Waals surface area contributed by atoms with Gasteiger partial charge in [0.25, 0.3) is 0 Å². The fourth-order valence-corrected chi connectivity index (χ4v) is 2.28. The van der Waals surface area contributed by atoms with Gasteiger partial charge < -0.3 is 19.7 Å². The molecule has 1 aromatic rings. The van der Waals surface area contributed by atoms with Gasteiger partial charge >= 0.3 is 6.36 Å². The summed E-state index contributed by atoms with van der Waals surface area (Å²) in [5, 5.41) is 3.20. The summed E-state index contributed by atoms with van der Waals surface area (Å²) in [7, 11) is 1.66. The van der Waals surface area contributed by atoms with Gasteiger partial charge in [-0.1, -0.05) is 12.1 Å². The molecule has 9 heteroatoms. The van der Waals surface area contributed by atoms with Crippen molar-refractivity contribution in [3.05, 3.63) is 29.8 Å². The van der Waals surface area contributed by atoms with Crippen LogP contribution in [0.1, 0.15) is 12.0 Å². The molecule has 0 saturated carbocycles. The van der Waals surface area contributed by atoms with Crippen molar-refractivity contribution in [3.63, 3.8) is 0 Å². The molecule has 2 rings (SSSR count). The number of nitrogens with one attached hydrogen (secondary N) is 1. The number of ether oxygens (including phenoxy) is 2. The first-order chi connectivity index (χ1) is 10.8. The topological polar surface area (TPSA) is 50.8 Å². The molecule has 1 aliphatic heterocycles. The second-order valence-corrected chi connectivity index (χ2v) is 5.37. The lowest BCUT2D eigenvalue weighted by molar-refractivity contribution is -0.274. The Balaban J connectivity index is 0.00000288. The van der Waals surface area contributed by atoms with Crippen LogP contribution in [0.15, 0.2) is 24.3 Å². The lowest BCUT2D eigenvalue weighted by Gasteiger charge is -2.25. The average Bonchev–Trinajstić information content (AvgIpc) is 2.48. The smallest absolute Gasteiger partial charge is 0.406 e. The van der Waals surface area contributed by atoms with E-state index in [1.165, 1.54) is 29.2 Å². The molecule has 1 N–H and O–H groups in total. The molecule has 0 spiro atoms. The lowest BCUT2D eigenvalue weighted by atomic mass is 10.1. The number of carbonyl (C=O) groups excluding carboxylic acids is 1. The summed E-state index contributed by atoms with van der Waals surface area (Å²) < 4.78 is 45.4. The van der Waals surface area contributed by atoms with Gasteiger partial charge in [-0.3, -0.25) is 4.79 Å². The molecule has 0 radical (unpaired) electrons. The summed E-state index contributed by atoms with van der Waals surface area (Å²) >= 11 is 0. The van der Waals surface area contributed by atoms with Crippen LogP contribution in [-0.2, 0) is 16.1 Å². The maximum absolute atomic E-state index is 12.1. The fraction of sp³-hybridized carbons (Fsp3) is 0.533. The minimum absolute atomic E-state index is 0. The Kier molecular flexibility index (Phi) is 7.78. The van der Waals surface area contributed by atoms with Crippen molar-refractivity contribution in [2.75, 3.05) is 26.8 Å². The lowest BCUT2D eigenvalue weighted by Crippen LogP contribution is -2.44. The number of amides is 1. The number of alkyl halides is 3. The van der Waals surface area contributed by atoms with Crippen LogP contribution >= 0.6 is 12.4 Å². The molecule has 1 atom stereocenters. The van der Waals surface area contributed by atoms with Gasteiger partial charge in [-0.15, -0.1) is 25.6 Å². The van der Waals surface area contributed by atoms with Gasteiger partial charge in [-0.25, -0.2) is 0 Å². The van der Waals surface area contributed by atoms with Crippen molar-refractivity contribution in [2.45, 2.75) is 25.4 Å². The van der Waals surface area contributed by atoms with Crippen LogP contribution in [0.2, 0.25) is 0 Å². The van der Waals surface area contributed by atoms with Crippen LogP contribution in [0.3, 0.4) is 0 Å². The number of benzene rings is 1. The molecule has 0 aliphatic carbocycles. The molecule has 1 amide bonds. The molecular weight excluding hydrogens is 349 g/mol. The normalized spacial score (nSPS) is 17.8. The number of nitrogens with zero attached hydrogens (tertiary/aromatic N) is 1. The van der Waals surface area contributed by atoms with Crippen LogP contribution in [0, 0.1) is 0 Å². The Morgan fingerprint density at radius 2 is 2.04 bits per heavy atom. The van der Waals surface area contributed by atoms with E-state index in [9.17, 15) is 18.0 Å². The monoisotopic (exact) mass is 368 g/mol. The summed E-state index contributed by atoms with van der Waals surface area (Å²) in [4.78, 5) is 13.7. The van der Waals surface area contributed by atoms with Gasteiger partial charge in [0.05, 0.1) is 13.2 Å². The Morgan fingerprint density at radius 3 is 2.58 bits per heavy atom. The van der Waals surface area contributed by atoms with Crippen molar-refractivity contribution < 1.29 is 27.4 Å². The van der Waals surface area contributed by atoms with Gasteiger partial charge in [0.15, 0.2) is 0 Å². The van der Waals surface area contributed by atoms with E-state index in [0.717, 1.165) is 12.1 Å². The SMILES string of the molecule is CN(Cc1ccc(OC(F)(F)F)cc1)C(=O)CC1COCCN1.Cl. The second-order valence-electron chi connectivity index (χ2n) is 5.37. The first-order valence-electron chi connectivity index (χ1n) is 7.23. The summed E-state index contributed by atoms with van der Waals surface area (Å²) in [6.45, 7) is 2.19. The molecule has 1 saturated heterocycles. The molecule has 1 aromatic carbocycles. The molecule has 1 aliphatic rings. The zero-order chi connectivity index (χ0) is 16.9. The second kappa shape index (κ2) is 9.10. The number of hydrogen-bond donors (Lipinski definition) is 1. The summed E-state index contributed by atoms with van der Waals surface area (Å²) in [6, 6.07) is 5.48. The van der Waals surface area contributed by atoms with Crippen molar-refractivity contribution in [3.8, 4) is 5.75 Å². The quantitative estimate of drug-likeness (QED) is 0.866. The van der Waals surface area contributed by atoms with E-state index in [1.807, 2.05) is 0 Å². The van der Waals surface area contributed by atoms with Crippen LogP contribution in [-0.4, -0.2) is 50.0 Å². The van der Waals surface area contributed by atoms with E-state index in [-0.39, 0.29) is 30.1 Å². The molecule has 136 valence electrons. The minimum atomic E-state index is -4.71. The highest BCUT2D eigenvalue weighted by Gasteiger charge is 2.31. The highest BCUT2D eigenvalue weighted by Crippen LogP contribution is 2.23. The first kappa shape index (κ1) is 20.5. The van der Waals surface area contributed by atoms with Gasteiger partial charge in [0.1, 0.15) is 5.75 Å². The summed E-state index contributed by atoms with van der Waals surface area (Å²) in [5.74, 6) is -0.331. The van der Waals surface area contributed by atoms with E-state index in [4.69, 9.17) is 4.74 Å². The maximum Gasteiger partial charge on any atom is 0.573 e. The third kappa shape index (κ3) is 6.94. The highest BCUT2D eigenvalue weighted by atomic mass is 35.5. The third-order valence-electron chi connectivity index (χ3n) is 3.42. The number of morpholine rings is 1. The number of hydrogen-bond acceptors (Lipinski definition) is 4. The largest absolute Gasteiger partial charge is 0.573 e. The number of rotatable bonds is 5. The van der Waals surface area contributed by atoms with Gasteiger partial charge in [-0.2, -0.15) is 0 Å². The van der Waals surface area contributed by atoms with E-state index in [1.54, 1.807) is 7.05 Å². The third-order valence-corrected chi connectivity index (χ3v) is 3.42. The van der Waals surface area contributed by atoms with Crippen LogP contribution in [0.5, 0.6) is 5.75 Å². The first-order valence-corrected chi connectivity index (χ1v) is 7.23. The van der Waals surface area contributed by atoms with Crippen molar-refractivity contribution in [1.82, 2.24) is 10.2 Å². The highest BCUT2D eigenvalue weighted by molar-refractivity contribution is 5.85. The van der Waals surface area contributed by atoms with Gasteiger partial charge in [-0.05, 0) is 17.7 Å². The molecule has 1 fully saturated rings. The molecular formula is C15H20ClF3N2O3. The predicted octanol–water partition coefficient (Wildman–Crippen LogP) is 2.34. The van der Waals surface area contributed by atoms with Crippen LogP contribution < -0.4 is 10.1 Å². The summed E-state index contributed by atoms with van der Waals surface area (Å²) in [6.07, 6.45) is -4.38. The van der Waals surface area contributed by atoms with Gasteiger partial charge in [0.2, 0.25) is 5.91 Å². The van der Waals surface area contributed by atoms with E-state index in [0.29, 0.717) is 26.2 Å². The number of halogens is 4. The Hall–Kier alpha value is -1.51. The minimum Gasteiger partial charge on any atom is -0.406 e. The Morgan fingerprint density at radius 1 is 1.38 bits per heavy atom. The van der Waals surface area contributed by atoms with E-state index < -0.39 is 6.36 Å². The average molecular weight is 369 g/mol. The molecule has 0 bridgehead atoms. The molecule has 5 nitrogen and oxygen atoms in total. The van der Waals surface area contributed by atoms with Crippen LogP contribution in [0.25, 0.3) is 0 Å². The molecule has 0 aromatic heterocycles. The zero-order valence-electron chi connectivity index (χ0n) is 13.1.